The summed E-state index contributed by atoms with van der Waals surface area (Å²) in [5.74, 6) is 1.94. The van der Waals surface area contributed by atoms with Crippen molar-refractivity contribution in [3.63, 3.8) is 0 Å². The number of benzene rings is 1. The van der Waals surface area contributed by atoms with E-state index in [1.807, 2.05) is 23.2 Å². The van der Waals surface area contributed by atoms with Crippen LogP contribution in [0.5, 0.6) is 0 Å². The molecule has 1 saturated heterocycles. The van der Waals surface area contributed by atoms with Crippen molar-refractivity contribution in [2.24, 2.45) is 17.8 Å². The summed E-state index contributed by atoms with van der Waals surface area (Å²) in [5.41, 5.74) is 1.82. The summed E-state index contributed by atoms with van der Waals surface area (Å²) in [7, 11) is 0. The number of halogens is 2. The zero-order valence-corrected chi connectivity index (χ0v) is 15.8. The van der Waals surface area contributed by atoms with E-state index in [1.54, 1.807) is 10.7 Å². The third kappa shape index (κ3) is 2.72. The molecule has 2 aliphatic carbocycles. The Kier molecular flexibility index (Phi) is 3.98. The van der Waals surface area contributed by atoms with Crippen molar-refractivity contribution in [2.75, 3.05) is 6.54 Å². The van der Waals surface area contributed by atoms with Gasteiger partial charge in [0.2, 0.25) is 5.91 Å². The number of amides is 1. The van der Waals surface area contributed by atoms with E-state index in [9.17, 15) is 4.79 Å². The number of likely N-dealkylation sites (tertiary alicyclic amines) is 1. The van der Waals surface area contributed by atoms with Crippen LogP contribution in [0.15, 0.2) is 24.4 Å². The molecule has 1 aliphatic heterocycles. The summed E-state index contributed by atoms with van der Waals surface area (Å²) >= 11 is 12.2. The third-order valence-corrected chi connectivity index (χ3v) is 6.83. The fraction of sp³-hybridized carbons (Fsp3) is 0.526. The van der Waals surface area contributed by atoms with Crippen LogP contribution in [0, 0.1) is 17.8 Å². The Hall–Kier alpha value is -1.59. The minimum Gasteiger partial charge on any atom is -0.334 e. The van der Waals surface area contributed by atoms with Gasteiger partial charge in [-0.2, -0.15) is 0 Å². The van der Waals surface area contributed by atoms with Gasteiger partial charge in [0, 0.05) is 22.5 Å². The van der Waals surface area contributed by atoms with Gasteiger partial charge in [-0.15, -0.1) is 5.10 Å². The van der Waals surface area contributed by atoms with Crippen molar-refractivity contribution in [1.29, 1.82) is 0 Å². The maximum atomic E-state index is 12.8. The fourth-order valence-electron chi connectivity index (χ4n) is 4.71. The molecule has 2 saturated carbocycles. The number of hydrogen-bond donors (Lipinski definition) is 0. The van der Waals surface area contributed by atoms with Crippen LogP contribution in [0.3, 0.4) is 0 Å². The van der Waals surface area contributed by atoms with Gasteiger partial charge in [-0.1, -0.05) is 40.9 Å². The molecule has 5 rings (SSSR count). The van der Waals surface area contributed by atoms with Gasteiger partial charge in [0.15, 0.2) is 0 Å². The molecule has 3 unspecified atom stereocenters. The Bertz CT molecular complexity index is 857. The zero-order chi connectivity index (χ0) is 17.8. The van der Waals surface area contributed by atoms with E-state index in [2.05, 4.69) is 10.3 Å². The highest BCUT2D eigenvalue weighted by molar-refractivity contribution is 6.35. The van der Waals surface area contributed by atoms with Crippen LogP contribution in [0.25, 0.3) is 0 Å². The Labute approximate surface area is 162 Å². The van der Waals surface area contributed by atoms with Gasteiger partial charge in [0.05, 0.1) is 18.8 Å². The summed E-state index contributed by atoms with van der Waals surface area (Å²) in [6.45, 7) is 1.38. The number of carbonyl (C=O) groups is 1. The van der Waals surface area contributed by atoms with Crippen molar-refractivity contribution in [2.45, 2.75) is 38.3 Å². The van der Waals surface area contributed by atoms with Crippen molar-refractivity contribution in [3.8, 4) is 0 Å². The Morgan fingerprint density at radius 3 is 2.69 bits per heavy atom. The SMILES string of the molecule is O=C(C1C2CCCC21)N1CCC1c1cn(Cc2ccc(Cl)cc2Cl)nn1. The second-order valence-electron chi connectivity index (χ2n) is 7.70. The largest absolute Gasteiger partial charge is 0.334 e. The normalized spacial score (nSPS) is 29.4. The molecule has 5 nitrogen and oxygen atoms in total. The van der Waals surface area contributed by atoms with E-state index in [1.165, 1.54) is 19.3 Å². The predicted molar refractivity (Wildman–Crippen MR) is 99.0 cm³/mol. The molecular weight excluding hydrogens is 371 g/mol. The highest BCUT2D eigenvalue weighted by atomic mass is 35.5. The standard InChI is InChI=1S/C19H20Cl2N4O/c20-12-5-4-11(15(21)8-12)9-24-10-16(22-23-24)17-6-7-25(17)19(26)18-13-2-1-3-14(13)18/h4-5,8,10,13-14,17-18H,1-3,6-7,9H2. The van der Waals surface area contributed by atoms with Gasteiger partial charge in [-0.25, -0.2) is 4.68 Å². The molecule has 1 amide bonds. The van der Waals surface area contributed by atoms with Crippen molar-refractivity contribution in [3.05, 3.63) is 45.7 Å². The molecule has 0 N–H and O–H groups in total. The van der Waals surface area contributed by atoms with Crippen molar-refractivity contribution < 1.29 is 4.79 Å². The number of hydrogen-bond acceptors (Lipinski definition) is 3. The van der Waals surface area contributed by atoms with Crippen LogP contribution in [-0.2, 0) is 11.3 Å². The van der Waals surface area contributed by atoms with E-state index in [-0.39, 0.29) is 12.0 Å². The van der Waals surface area contributed by atoms with Gasteiger partial charge in [-0.3, -0.25) is 4.79 Å². The molecule has 0 bridgehead atoms. The van der Waals surface area contributed by atoms with Gasteiger partial charge in [0.1, 0.15) is 5.69 Å². The second-order valence-corrected chi connectivity index (χ2v) is 8.54. The first kappa shape index (κ1) is 16.6. The summed E-state index contributed by atoms with van der Waals surface area (Å²) in [4.78, 5) is 14.8. The molecule has 3 fully saturated rings. The van der Waals surface area contributed by atoms with Crippen LogP contribution in [0.4, 0.5) is 0 Å². The maximum Gasteiger partial charge on any atom is 0.226 e. The predicted octanol–water partition coefficient (Wildman–Crippen LogP) is 3.95. The molecular formula is C19H20Cl2N4O. The lowest BCUT2D eigenvalue weighted by molar-refractivity contribution is -0.141. The molecule has 1 aromatic carbocycles. The number of fused-ring (bicyclic) bond motifs is 1. The van der Waals surface area contributed by atoms with Crippen LogP contribution in [0.2, 0.25) is 10.0 Å². The first-order chi connectivity index (χ1) is 12.6. The van der Waals surface area contributed by atoms with Crippen molar-refractivity contribution >= 4 is 29.1 Å². The number of aromatic nitrogens is 3. The molecule has 26 heavy (non-hydrogen) atoms. The molecule has 1 aromatic heterocycles. The highest BCUT2D eigenvalue weighted by Gasteiger charge is 2.58. The smallest absolute Gasteiger partial charge is 0.226 e. The molecule has 3 aliphatic rings. The first-order valence-corrected chi connectivity index (χ1v) is 10.0. The average Bonchev–Trinajstić information content (AvgIpc) is 2.92. The lowest BCUT2D eigenvalue weighted by atomic mass is 9.98. The van der Waals surface area contributed by atoms with Gasteiger partial charge in [-0.05, 0) is 48.8 Å². The molecule has 2 aromatic rings. The fourth-order valence-corrected chi connectivity index (χ4v) is 5.17. The van der Waals surface area contributed by atoms with Crippen LogP contribution >= 0.6 is 23.2 Å². The lowest BCUT2D eigenvalue weighted by Crippen LogP contribution is -2.46. The van der Waals surface area contributed by atoms with Crippen LogP contribution in [-0.4, -0.2) is 32.3 Å². The molecule has 136 valence electrons. The number of carbonyl (C=O) groups excluding carboxylic acids is 1. The maximum absolute atomic E-state index is 12.8. The zero-order valence-electron chi connectivity index (χ0n) is 14.3. The van der Waals surface area contributed by atoms with E-state index in [0.717, 1.165) is 24.2 Å². The van der Waals surface area contributed by atoms with E-state index in [4.69, 9.17) is 23.2 Å². The number of rotatable bonds is 4. The summed E-state index contributed by atoms with van der Waals surface area (Å²) < 4.78 is 1.78. The minimum atomic E-state index is 0.0817. The van der Waals surface area contributed by atoms with E-state index < -0.39 is 0 Å². The van der Waals surface area contributed by atoms with Crippen LogP contribution in [0.1, 0.15) is 43.0 Å². The quantitative estimate of drug-likeness (QED) is 0.793. The number of nitrogens with zero attached hydrogens (tertiary/aromatic N) is 4. The minimum absolute atomic E-state index is 0.0817. The monoisotopic (exact) mass is 390 g/mol. The molecule has 7 heteroatoms. The summed E-state index contributed by atoms with van der Waals surface area (Å²) in [5, 5.41) is 9.78. The van der Waals surface area contributed by atoms with Gasteiger partial charge >= 0.3 is 0 Å². The Morgan fingerprint density at radius 2 is 2.00 bits per heavy atom. The highest BCUT2D eigenvalue weighted by Crippen LogP contribution is 2.59. The Balaban J connectivity index is 1.27. The molecule has 0 spiro atoms. The van der Waals surface area contributed by atoms with Gasteiger partial charge < -0.3 is 4.90 Å². The summed E-state index contributed by atoms with van der Waals surface area (Å²) in [6, 6.07) is 5.53. The lowest BCUT2D eigenvalue weighted by Gasteiger charge is -2.40. The second kappa shape index (κ2) is 6.24. The van der Waals surface area contributed by atoms with E-state index in [0.29, 0.717) is 34.3 Å². The molecule has 3 atom stereocenters. The first-order valence-electron chi connectivity index (χ1n) is 9.26. The average molecular weight is 391 g/mol. The van der Waals surface area contributed by atoms with Gasteiger partial charge in [0.25, 0.3) is 0 Å². The molecule has 2 heterocycles. The molecule has 0 radical (unpaired) electrons. The van der Waals surface area contributed by atoms with Crippen molar-refractivity contribution in [1.82, 2.24) is 19.9 Å². The third-order valence-electron chi connectivity index (χ3n) is 6.24. The van der Waals surface area contributed by atoms with E-state index >= 15 is 0 Å². The van der Waals surface area contributed by atoms with Crippen LogP contribution < -0.4 is 0 Å². The topological polar surface area (TPSA) is 51.0 Å². The summed E-state index contributed by atoms with van der Waals surface area (Å²) in [6.07, 6.45) is 6.66. The Morgan fingerprint density at radius 1 is 1.19 bits per heavy atom.